The van der Waals surface area contributed by atoms with Crippen LogP contribution >= 0.6 is 0 Å². The maximum Gasteiger partial charge on any atom is 0.0494 e. The van der Waals surface area contributed by atoms with Crippen molar-refractivity contribution < 1.29 is 0 Å². The van der Waals surface area contributed by atoms with Gasteiger partial charge in [-0.1, -0.05) is 115 Å². The maximum absolute atomic E-state index is 2.44. The summed E-state index contributed by atoms with van der Waals surface area (Å²) in [4.78, 5) is 2.44. The van der Waals surface area contributed by atoms with E-state index in [4.69, 9.17) is 0 Å². The fraction of sp³-hybridized carbons (Fsp3) is 0.0526. The number of allylic oxidation sites excluding steroid dienone is 1. The van der Waals surface area contributed by atoms with Crippen LogP contribution in [0.3, 0.4) is 0 Å². The van der Waals surface area contributed by atoms with E-state index in [1.165, 1.54) is 72.4 Å². The normalized spacial score (nSPS) is 13.5. The molecule has 0 spiro atoms. The molecule has 0 radical (unpaired) electrons. The van der Waals surface area contributed by atoms with Gasteiger partial charge in [0.25, 0.3) is 0 Å². The smallest absolute Gasteiger partial charge is 0.0494 e. The van der Waals surface area contributed by atoms with Crippen LogP contribution in [0, 0.1) is 0 Å². The zero-order chi connectivity index (χ0) is 25.8. The molecule has 6 aromatic carbocycles. The Balaban J connectivity index is 1.29. The number of hydrogen-bond donors (Lipinski definition) is 0. The van der Waals surface area contributed by atoms with Crippen molar-refractivity contribution in [1.82, 2.24) is 0 Å². The highest BCUT2D eigenvalue weighted by Crippen LogP contribution is 2.49. The molecule has 0 unspecified atom stereocenters. The number of nitrogens with zero attached hydrogens (tertiary/aromatic N) is 1. The van der Waals surface area contributed by atoms with Crippen LogP contribution in [0.25, 0.3) is 49.9 Å². The van der Waals surface area contributed by atoms with Crippen LogP contribution in [0.5, 0.6) is 0 Å². The lowest BCUT2D eigenvalue weighted by Gasteiger charge is -2.29. The summed E-state index contributed by atoms with van der Waals surface area (Å²) >= 11 is 0. The second-order valence-corrected chi connectivity index (χ2v) is 10.4. The van der Waals surface area contributed by atoms with Crippen molar-refractivity contribution in [2.45, 2.75) is 12.8 Å². The average Bonchev–Trinajstić information content (AvgIpc) is 3.20. The Hall–Kier alpha value is -4.88. The van der Waals surface area contributed by atoms with E-state index in [1.54, 1.807) is 0 Å². The second kappa shape index (κ2) is 8.85. The van der Waals surface area contributed by atoms with Gasteiger partial charge in [-0.25, -0.2) is 0 Å². The molecule has 6 aromatic rings. The molecule has 184 valence electrons. The van der Waals surface area contributed by atoms with Gasteiger partial charge in [0.05, 0.1) is 0 Å². The zero-order valence-corrected chi connectivity index (χ0v) is 21.6. The first-order chi connectivity index (χ1) is 19.4. The van der Waals surface area contributed by atoms with Crippen LogP contribution in [-0.2, 0) is 6.42 Å². The lowest BCUT2D eigenvalue weighted by Crippen LogP contribution is -2.16. The Morgan fingerprint density at radius 3 is 1.95 bits per heavy atom. The standard InChI is InChI=1S/C38H27N/c1-3-11-26(12-4-1)36-20-9-13-28-25-27(21-24-37(28)39(36)29-14-5-2-6-15-29)30-22-23-35-32-17-8-7-16-31(32)34-19-10-18-33(30)38(34)35/h1-8,10-12,14-25H,9,13H2. The highest BCUT2D eigenvalue weighted by Gasteiger charge is 2.24. The summed E-state index contributed by atoms with van der Waals surface area (Å²) in [5.41, 5.74) is 14.3. The molecule has 0 fully saturated rings. The molecule has 0 amide bonds. The molecule has 1 heterocycles. The molecule has 0 bridgehead atoms. The summed E-state index contributed by atoms with van der Waals surface area (Å²) in [5, 5.41) is 2.71. The molecule has 1 heteroatoms. The van der Waals surface area contributed by atoms with E-state index >= 15 is 0 Å². The number of rotatable bonds is 3. The lowest BCUT2D eigenvalue weighted by atomic mass is 9.92. The Bertz CT molecular complexity index is 1870. The van der Waals surface area contributed by atoms with E-state index < -0.39 is 0 Å². The van der Waals surface area contributed by atoms with Crippen molar-refractivity contribution in [3.8, 4) is 33.4 Å². The van der Waals surface area contributed by atoms with E-state index in [2.05, 4.69) is 144 Å². The van der Waals surface area contributed by atoms with E-state index in [-0.39, 0.29) is 0 Å². The third kappa shape index (κ3) is 3.47. The highest BCUT2D eigenvalue weighted by molar-refractivity contribution is 6.18. The van der Waals surface area contributed by atoms with Crippen LogP contribution in [0.1, 0.15) is 17.5 Å². The van der Waals surface area contributed by atoms with E-state index in [1.807, 2.05) is 0 Å². The van der Waals surface area contributed by atoms with Crippen LogP contribution in [0.15, 0.2) is 140 Å². The van der Waals surface area contributed by atoms with Gasteiger partial charge in [0.2, 0.25) is 0 Å². The fourth-order valence-electron chi connectivity index (χ4n) is 6.53. The predicted molar refractivity (Wildman–Crippen MR) is 165 cm³/mol. The van der Waals surface area contributed by atoms with Crippen molar-refractivity contribution in [3.63, 3.8) is 0 Å². The Kier molecular flexibility index (Phi) is 5.03. The minimum Gasteiger partial charge on any atom is -0.310 e. The fourth-order valence-corrected chi connectivity index (χ4v) is 6.53. The first-order valence-corrected chi connectivity index (χ1v) is 13.8. The Morgan fingerprint density at radius 2 is 1.15 bits per heavy atom. The monoisotopic (exact) mass is 497 g/mol. The third-order valence-electron chi connectivity index (χ3n) is 8.26. The van der Waals surface area contributed by atoms with Crippen molar-refractivity contribution in [1.29, 1.82) is 0 Å². The number of aryl methyl sites for hydroxylation is 1. The van der Waals surface area contributed by atoms with Gasteiger partial charge in [-0.15, -0.1) is 0 Å². The zero-order valence-electron chi connectivity index (χ0n) is 21.6. The van der Waals surface area contributed by atoms with E-state index in [0.29, 0.717) is 0 Å². The van der Waals surface area contributed by atoms with Gasteiger partial charge in [-0.2, -0.15) is 0 Å². The van der Waals surface area contributed by atoms with Crippen molar-refractivity contribution in [2.75, 3.05) is 4.90 Å². The summed E-state index contributed by atoms with van der Waals surface area (Å²) in [7, 11) is 0. The molecular formula is C38H27N. The summed E-state index contributed by atoms with van der Waals surface area (Å²) in [6, 6.07) is 48.8. The summed E-state index contributed by atoms with van der Waals surface area (Å²) in [5.74, 6) is 0. The Morgan fingerprint density at radius 1 is 0.487 bits per heavy atom. The van der Waals surface area contributed by atoms with Gasteiger partial charge in [0.15, 0.2) is 0 Å². The van der Waals surface area contributed by atoms with E-state index in [0.717, 1.165) is 12.8 Å². The molecule has 0 saturated carbocycles. The number of anilines is 2. The molecule has 1 aliphatic heterocycles. The largest absolute Gasteiger partial charge is 0.310 e. The van der Waals surface area contributed by atoms with Gasteiger partial charge >= 0.3 is 0 Å². The van der Waals surface area contributed by atoms with Crippen LogP contribution in [0.2, 0.25) is 0 Å². The molecule has 39 heavy (non-hydrogen) atoms. The second-order valence-electron chi connectivity index (χ2n) is 10.4. The molecule has 8 rings (SSSR count). The highest BCUT2D eigenvalue weighted by atomic mass is 15.2. The van der Waals surface area contributed by atoms with Gasteiger partial charge in [-0.3, -0.25) is 0 Å². The minimum absolute atomic E-state index is 1.00. The lowest BCUT2D eigenvalue weighted by molar-refractivity contribution is 1.01. The summed E-state index contributed by atoms with van der Waals surface area (Å²) < 4.78 is 0. The maximum atomic E-state index is 2.44. The van der Waals surface area contributed by atoms with Gasteiger partial charge < -0.3 is 4.90 Å². The SMILES string of the molecule is C1=C(c2ccccc2)N(c2ccccc2)c2ccc(-c3ccc4c5c(cccc35)-c3ccccc3-4)cc2CC1. The third-order valence-corrected chi connectivity index (χ3v) is 8.26. The van der Waals surface area contributed by atoms with Crippen LogP contribution in [0.4, 0.5) is 11.4 Å². The first kappa shape index (κ1) is 22.1. The van der Waals surface area contributed by atoms with Gasteiger partial charge in [0, 0.05) is 17.1 Å². The molecule has 0 aromatic heterocycles. The number of fused-ring (bicyclic) bond motifs is 4. The van der Waals surface area contributed by atoms with Gasteiger partial charge in [0.1, 0.15) is 0 Å². The minimum atomic E-state index is 1.00. The molecule has 0 N–H and O–H groups in total. The van der Waals surface area contributed by atoms with Crippen molar-refractivity contribution >= 4 is 27.8 Å². The quantitative estimate of drug-likeness (QED) is 0.235. The topological polar surface area (TPSA) is 3.24 Å². The average molecular weight is 498 g/mol. The van der Waals surface area contributed by atoms with Gasteiger partial charge in [-0.05, 0) is 92.4 Å². The predicted octanol–water partition coefficient (Wildman–Crippen LogP) is 10.3. The number of benzene rings is 6. The van der Waals surface area contributed by atoms with Crippen LogP contribution in [-0.4, -0.2) is 0 Å². The summed E-state index contributed by atoms with van der Waals surface area (Å²) in [6.07, 6.45) is 4.41. The molecule has 2 aliphatic rings. The van der Waals surface area contributed by atoms with Crippen molar-refractivity contribution in [3.05, 3.63) is 151 Å². The first-order valence-electron chi connectivity index (χ1n) is 13.8. The molecule has 0 atom stereocenters. The molecule has 1 aliphatic carbocycles. The number of para-hydroxylation sites is 1. The molecular weight excluding hydrogens is 470 g/mol. The molecule has 1 nitrogen and oxygen atoms in total. The van der Waals surface area contributed by atoms with Crippen LogP contribution < -0.4 is 4.90 Å². The summed E-state index contributed by atoms with van der Waals surface area (Å²) in [6.45, 7) is 0. The number of hydrogen-bond acceptors (Lipinski definition) is 1. The van der Waals surface area contributed by atoms with Crippen molar-refractivity contribution in [2.24, 2.45) is 0 Å². The van der Waals surface area contributed by atoms with E-state index in [9.17, 15) is 0 Å². The molecule has 0 saturated heterocycles. The Labute approximate surface area is 229 Å².